The quantitative estimate of drug-likeness (QED) is 0.395. The monoisotopic (exact) mass is 476 g/mol. The highest BCUT2D eigenvalue weighted by Gasteiger charge is 2.20. The molecule has 0 aliphatic heterocycles. The highest BCUT2D eigenvalue weighted by atomic mass is 32.1. The van der Waals surface area contributed by atoms with E-state index in [1.165, 1.54) is 16.0 Å². The van der Waals surface area contributed by atoms with E-state index in [4.69, 9.17) is 10.5 Å². The summed E-state index contributed by atoms with van der Waals surface area (Å²) in [6.45, 7) is 0. The van der Waals surface area contributed by atoms with Crippen LogP contribution in [0.2, 0.25) is 0 Å². The van der Waals surface area contributed by atoms with Crippen molar-refractivity contribution in [3.8, 4) is 22.1 Å². The van der Waals surface area contributed by atoms with Gasteiger partial charge in [-0.25, -0.2) is 0 Å². The smallest absolute Gasteiger partial charge is 0.282 e. The van der Waals surface area contributed by atoms with E-state index >= 15 is 0 Å². The molecule has 0 bridgehead atoms. The molecule has 0 unspecified atom stereocenters. The molecule has 0 radical (unpaired) electrons. The third kappa shape index (κ3) is 3.83. The van der Waals surface area contributed by atoms with Crippen molar-refractivity contribution in [3.63, 3.8) is 0 Å². The number of anilines is 2. The number of amides is 1. The Morgan fingerprint density at radius 3 is 2.58 bits per heavy atom. The number of carbonyl (C=O) groups excluding carboxylic acids is 1. The Bertz CT molecular complexity index is 1520. The van der Waals surface area contributed by atoms with Crippen LogP contribution in [0.4, 0.5) is 10.1 Å². The topological polar surface area (TPSA) is 125 Å². The molecular weight excluding hydrogens is 460 g/mol. The lowest BCUT2D eigenvalue weighted by Crippen LogP contribution is -2.22. The first-order valence-electron chi connectivity index (χ1n) is 9.70. The maximum Gasteiger partial charge on any atom is 0.282 e. The van der Waals surface area contributed by atoms with Gasteiger partial charge in [0.25, 0.3) is 11.5 Å². The molecule has 0 aliphatic rings. The normalized spacial score (nSPS) is 10.9. The Labute approximate surface area is 195 Å². The number of hydrogen-bond donors (Lipinski definition) is 2. The van der Waals surface area contributed by atoms with E-state index in [-0.39, 0.29) is 11.5 Å². The molecule has 5 rings (SSSR count). The lowest BCUT2D eigenvalue weighted by atomic mass is 10.2. The third-order valence-electron chi connectivity index (χ3n) is 4.88. The van der Waals surface area contributed by atoms with Crippen molar-refractivity contribution in [2.24, 2.45) is 0 Å². The molecule has 33 heavy (non-hydrogen) atoms. The predicted molar refractivity (Wildman–Crippen MR) is 129 cm³/mol. The van der Waals surface area contributed by atoms with Gasteiger partial charge in [-0.3, -0.25) is 14.9 Å². The molecule has 11 heteroatoms. The number of aromatic nitrogens is 4. The number of hydrogen-bond acceptors (Lipinski definition) is 9. The van der Waals surface area contributed by atoms with E-state index in [1.807, 2.05) is 6.07 Å². The fourth-order valence-electron chi connectivity index (χ4n) is 3.26. The van der Waals surface area contributed by atoms with Gasteiger partial charge in [-0.1, -0.05) is 29.5 Å². The largest absolute Gasteiger partial charge is 0.497 e. The first-order valence-corrected chi connectivity index (χ1v) is 11.4. The van der Waals surface area contributed by atoms with Gasteiger partial charge in [0.2, 0.25) is 5.13 Å². The molecule has 1 amide bonds. The fourth-order valence-corrected chi connectivity index (χ4v) is 4.78. The summed E-state index contributed by atoms with van der Waals surface area (Å²) in [6.07, 6.45) is 0. The first-order chi connectivity index (χ1) is 16.0. The Kier molecular flexibility index (Phi) is 5.32. The average molecular weight is 477 g/mol. The van der Waals surface area contributed by atoms with E-state index in [0.29, 0.717) is 48.6 Å². The summed E-state index contributed by atoms with van der Waals surface area (Å²) in [5.41, 5.74) is 7.30. The second kappa shape index (κ2) is 8.45. The molecule has 3 N–H and O–H groups in total. The minimum atomic E-state index is -0.334. The molecule has 0 atom stereocenters. The average Bonchev–Trinajstić information content (AvgIpc) is 3.47. The van der Waals surface area contributed by atoms with E-state index in [0.717, 1.165) is 11.3 Å². The van der Waals surface area contributed by atoms with Crippen molar-refractivity contribution in [2.75, 3.05) is 18.2 Å². The number of carbonyl (C=O) groups is 1. The maximum atomic E-state index is 13.2. The zero-order valence-corrected chi connectivity index (χ0v) is 18.8. The Balaban J connectivity index is 1.58. The molecule has 0 aliphatic carbocycles. The van der Waals surface area contributed by atoms with Crippen LogP contribution in [0.5, 0.6) is 5.75 Å². The summed E-state index contributed by atoms with van der Waals surface area (Å²) in [5.74, 6) is 0.366. The molecule has 3 aromatic heterocycles. The number of benzene rings is 2. The molecule has 0 spiro atoms. The van der Waals surface area contributed by atoms with E-state index in [1.54, 1.807) is 61.0 Å². The molecule has 9 nitrogen and oxygen atoms in total. The van der Waals surface area contributed by atoms with Crippen molar-refractivity contribution < 1.29 is 9.53 Å². The van der Waals surface area contributed by atoms with Crippen LogP contribution in [0.1, 0.15) is 10.4 Å². The van der Waals surface area contributed by atoms with Crippen molar-refractivity contribution in [1.29, 1.82) is 0 Å². The summed E-state index contributed by atoms with van der Waals surface area (Å²) in [5, 5.41) is 19.5. The van der Waals surface area contributed by atoms with Crippen LogP contribution in [0.3, 0.4) is 0 Å². The summed E-state index contributed by atoms with van der Waals surface area (Å²) in [6, 6.07) is 15.8. The number of fused-ring (bicyclic) bond motifs is 1. The third-order valence-corrected chi connectivity index (χ3v) is 6.54. The standard InChI is InChI=1S/C22H16N6O3S2/c1-31-14-9-7-13(8-10-14)28-21(30)16-15(11-32-18(16)23)17(27-28)20-25-26-22(33-20)24-19(29)12-5-3-2-4-6-12/h2-11H,23H2,1H3,(H,24,26,29). The van der Waals surface area contributed by atoms with Crippen molar-refractivity contribution in [1.82, 2.24) is 20.0 Å². The van der Waals surface area contributed by atoms with Gasteiger partial charge in [0, 0.05) is 16.3 Å². The zero-order chi connectivity index (χ0) is 22.9. The number of nitrogens with two attached hydrogens (primary N) is 1. The van der Waals surface area contributed by atoms with Crippen LogP contribution in [-0.2, 0) is 0 Å². The van der Waals surface area contributed by atoms with Crippen LogP contribution < -0.4 is 21.3 Å². The Morgan fingerprint density at radius 1 is 1.09 bits per heavy atom. The number of thiophene rings is 1. The number of nitrogen functional groups attached to an aromatic ring is 1. The predicted octanol–water partition coefficient (Wildman–Crippen LogP) is 3.81. The van der Waals surface area contributed by atoms with Crippen molar-refractivity contribution in [2.45, 2.75) is 0 Å². The van der Waals surface area contributed by atoms with E-state index in [2.05, 4.69) is 20.6 Å². The highest BCUT2D eigenvalue weighted by Crippen LogP contribution is 2.35. The van der Waals surface area contributed by atoms with Gasteiger partial charge < -0.3 is 10.5 Å². The van der Waals surface area contributed by atoms with Crippen LogP contribution in [0.25, 0.3) is 27.2 Å². The molecule has 0 saturated carbocycles. The number of methoxy groups -OCH3 is 1. The number of nitrogens with one attached hydrogen (secondary N) is 1. The van der Waals surface area contributed by atoms with Gasteiger partial charge in [0.05, 0.1) is 23.2 Å². The van der Waals surface area contributed by atoms with Gasteiger partial charge >= 0.3 is 0 Å². The van der Waals surface area contributed by atoms with Crippen LogP contribution in [0, 0.1) is 0 Å². The van der Waals surface area contributed by atoms with Crippen LogP contribution in [-0.4, -0.2) is 33.0 Å². The van der Waals surface area contributed by atoms with Crippen molar-refractivity contribution >= 4 is 49.5 Å². The molecule has 0 fully saturated rings. The number of nitrogens with zero attached hydrogens (tertiary/aromatic N) is 4. The number of ether oxygens (including phenoxy) is 1. The minimum Gasteiger partial charge on any atom is -0.497 e. The van der Waals surface area contributed by atoms with Gasteiger partial charge in [-0.15, -0.1) is 21.5 Å². The highest BCUT2D eigenvalue weighted by molar-refractivity contribution is 7.19. The summed E-state index contributed by atoms with van der Waals surface area (Å²) < 4.78 is 6.48. The lowest BCUT2D eigenvalue weighted by Gasteiger charge is -2.08. The maximum absolute atomic E-state index is 13.2. The zero-order valence-electron chi connectivity index (χ0n) is 17.2. The summed E-state index contributed by atoms with van der Waals surface area (Å²) >= 11 is 2.42. The summed E-state index contributed by atoms with van der Waals surface area (Å²) in [7, 11) is 1.57. The van der Waals surface area contributed by atoms with Gasteiger partial charge in [-0.05, 0) is 36.4 Å². The van der Waals surface area contributed by atoms with Crippen molar-refractivity contribution in [3.05, 3.63) is 75.9 Å². The van der Waals surface area contributed by atoms with Crippen LogP contribution >= 0.6 is 22.7 Å². The molecule has 0 saturated heterocycles. The van der Waals surface area contributed by atoms with E-state index < -0.39 is 0 Å². The van der Waals surface area contributed by atoms with Gasteiger partial charge in [0.1, 0.15) is 11.4 Å². The lowest BCUT2D eigenvalue weighted by molar-refractivity contribution is 0.102. The Morgan fingerprint density at radius 2 is 1.85 bits per heavy atom. The second-order valence-corrected chi connectivity index (χ2v) is 8.77. The van der Waals surface area contributed by atoms with Crippen LogP contribution in [0.15, 0.2) is 64.8 Å². The van der Waals surface area contributed by atoms with E-state index in [9.17, 15) is 9.59 Å². The molecule has 164 valence electrons. The minimum absolute atomic E-state index is 0.292. The van der Waals surface area contributed by atoms with Gasteiger partial charge in [-0.2, -0.15) is 9.78 Å². The first kappa shape index (κ1) is 20.8. The molecule has 5 aromatic rings. The SMILES string of the molecule is COc1ccc(-n2nc(-c3nnc(NC(=O)c4ccccc4)s3)c3csc(N)c3c2=O)cc1. The van der Waals surface area contributed by atoms with Gasteiger partial charge in [0.15, 0.2) is 5.01 Å². The Hall–Kier alpha value is -4.09. The molecule has 3 heterocycles. The molecular formula is C22H16N6O3S2. The number of rotatable bonds is 5. The summed E-state index contributed by atoms with van der Waals surface area (Å²) in [4.78, 5) is 25.6. The molecule has 2 aromatic carbocycles. The fraction of sp³-hybridized carbons (Fsp3) is 0.0455. The second-order valence-electron chi connectivity index (χ2n) is 6.88.